The van der Waals surface area contributed by atoms with Crippen molar-refractivity contribution in [3.8, 4) is 5.75 Å². The van der Waals surface area contributed by atoms with Crippen LogP contribution in [0, 0.1) is 0 Å². The Morgan fingerprint density at radius 3 is 2.90 bits per heavy atom. The molecule has 3 N–H and O–H groups in total. The molecule has 5 nitrogen and oxygen atoms in total. The summed E-state index contributed by atoms with van der Waals surface area (Å²) in [6, 6.07) is 10.5. The average Bonchev–Trinajstić information content (AvgIpc) is 2.45. The van der Waals surface area contributed by atoms with Crippen LogP contribution in [-0.2, 0) is 6.54 Å². The highest BCUT2D eigenvalue weighted by molar-refractivity contribution is 5.95. The summed E-state index contributed by atoms with van der Waals surface area (Å²) in [5.41, 5.74) is 7.54. The smallest absolute Gasteiger partial charge is 0.251 e. The van der Waals surface area contributed by atoms with Crippen molar-refractivity contribution in [1.29, 1.82) is 0 Å². The molecule has 1 heterocycles. The number of nitrogens with two attached hydrogens (primary N) is 1. The number of pyridine rings is 1. The molecule has 1 amide bonds. The van der Waals surface area contributed by atoms with E-state index in [0.717, 1.165) is 5.69 Å². The second kappa shape index (κ2) is 6.56. The van der Waals surface area contributed by atoms with Gasteiger partial charge in [0.25, 0.3) is 5.91 Å². The van der Waals surface area contributed by atoms with Crippen molar-refractivity contribution in [2.45, 2.75) is 13.5 Å². The van der Waals surface area contributed by atoms with E-state index < -0.39 is 0 Å². The number of hydrogen-bond donors (Lipinski definition) is 2. The number of nitrogens with one attached hydrogen (secondary N) is 1. The van der Waals surface area contributed by atoms with Gasteiger partial charge in [0.1, 0.15) is 5.75 Å². The van der Waals surface area contributed by atoms with Gasteiger partial charge in [0.15, 0.2) is 0 Å². The van der Waals surface area contributed by atoms with Crippen LogP contribution in [0.25, 0.3) is 0 Å². The molecule has 0 spiro atoms. The van der Waals surface area contributed by atoms with Gasteiger partial charge in [-0.05, 0) is 31.2 Å². The zero-order chi connectivity index (χ0) is 14.4. The highest BCUT2D eigenvalue weighted by Gasteiger charge is 2.08. The Morgan fingerprint density at radius 1 is 1.35 bits per heavy atom. The molecule has 0 fully saturated rings. The van der Waals surface area contributed by atoms with Crippen LogP contribution in [0.1, 0.15) is 23.0 Å². The fourth-order valence-electron chi connectivity index (χ4n) is 1.78. The standard InChI is InChI=1S/C15H17N3O2/c1-2-20-14-8-11(7-12(16)9-14)15(19)18-10-13-5-3-4-6-17-13/h3-9H,2,10,16H2,1H3,(H,18,19). The van der Waals surface area contributed by atoms with Crippen molar-refractivity contribution in [3.05, 3.63) is 53.9 Å². The van der Waals surface area contributed by atoms with E-state index in [1.807, 2.05) is 25.1 Å². The van der Waals surface area contributed by atoms with Gasteiger partial charge >= 0.3 is 0 Å². The molecule has 5 heteroatoms. The number of hydrogen-bond acceptors (Lipinski definition) is 4. The lowest BCUT2D eigenvalue weighted by Gasteiger charge is -2.09. The molecule has 0 aliphatic rings. The number of aromatic nitrogens is 1. The Labute approximate surface area is 117 Å². The molecule has 0 aliphatic carbocycles. The third-order valence-electron chi connectivity index (χ3n) is 2.66. The Morgan fingerprint density at radius 2 is 2.20 bits per heavy atom. The van der Waals surface area contributed by atoms with Crippen molar-refractivity contribution in [2.75, 3.05) is 12.3 Å². The molecule has 0 aliphatic heterocycles. The average molecular weight is 271 g/mol. The molecule has 20 heavy (non-hydrogen) atoms. The van der Waals surface area contributed by atoms with Gasteiger partial charge in [-0.15, -0.1) is 0 Å². The molecule has 104 valence electrons. The Bertz CT molecular complexity index is 585. The van der Waals surface area contributed by atoms with E-state index in [1.165, 1.54) is 0 Å². The van der Waals surface area contributed by atoms with Crippen LogP contribution in [0.3, 0.4) is 0 Å². The van der Waals surface area contributed by atoms with Gasteiger partial charge in [0.05, 0.1) is 18.8 Å². The number of carbonyl (C=O) groups is 1. The van der Waals surface area contributed by atoms with Crippen LogP contribution >= 0.6 is 0 Å². The van der Waals surface area contributed by atoms with E-state index in [-0.39, 0.29) is 5.91 Å². The molecule has 0 saturated carbocycles. The van der Waals surface area contributed by atoms with Gasteiger partial charge in [-0.1, -0.05) is 6.07 Å². The molecule has 0 radical (unpaired) electrons. The first-order chi connectivity index (χ1) is 9.69. The topological polar surface area (TPSA) is 77.2 Å². The second-order valence-corrected chi connectivity index (χ2v) is 4.23. The van der Waals surface area contributed by atoms with Crippen molar-refractivity contribution in [2.24, 2.45) is 0 Å². The molecular weight excluding hydrogens is 254 g/mol. The number of nitrogens with zero attached hydrogens (tertiary/aromatic N) is 1. The number of nitrogen functional groups attached to an aromatic ring is 1. The number of anilines is 1. The quantitative estimate of drug-likeness (QED) is 0.815. The van der Waals surface area contributed by atoms with Crippen LogP contribution in [0.2, 0.25) is 0 Å². The summed E-state index contributed by atoms with van der Waals surface area (Å²) in [4.78, 5) is 16.2. The van der Waals surface area contributed by atoms with Crippen LogP contribution in [-0.4, -0.2) is 17.5 Å². The Balaban J connectivity index is 2.05. The van der Waals surface area contributed by atoms with Crippen LogP contribution in [0.15, 0.2) is 42.6 Å². The maximum atomic E-state index is 12.1. The largest absolute Gasteiger partial charge is 0.494 e. The summed E-state index contributed by atoms with van der Waals surface area (Å²) in [6.45, 7) is 2.78. The Hall–Kier alpha value is -2.56. The van der Waals surface area contributed by atoms with Gasteiger partial charge in [-0.2, -0.15) is 0 Å². The fourth-order valence-corrected chi connectivity index (χ4v) is 1.78. The minimum absolute atomic E-state index is 0.205. The van der Waals surface area contributed by atoms with Crippen molar-refractivity contribution >= 4 is 11.6 Å². The maximum absolute atomic E-state index is 12.1. The predicted octanol–water partition coefficient (Wildman–Crippen LogP) is 1.99. The molecule has 1 aromatic heterocycles. The summed E-state index contributed by atoms with van der Waals surface area (Å²) in [6.07, 6.45) is 1.69. The summed E-state index contributed by atoms with van der Waals surface area (Å²) in [7, 11) is 0. The highest BCUT2D eigenvalue weighted by Crippen LogP contribution is 2.19. The fraction of sp³-hybridized carbons (Fsp3) is 0.200. The zero-order valence-electron chi connectivity index (χ0n) is 11.3. The lowest BCUT2D eigenvalue weighted by atomic mass is 10.1. The first kappa shape index (κ1) is 13.9. The third kappa shape index (κ3) is 3.71. The highest BCUT2D eigenvalue weighted by atomic mass is 16.5. The third-order valence-corrected chi connectivity index (χ3v) is 2.66. The molecule has 0 saturated heterocycles. The minimum Gasteiger partial charge on any atom is -0.494 e. The monoisotopic (exact) mass is 271 g/mol. The van der Waals surface area contributed by atoms with Crippen LogP contribution in [0.5, 0.6) is 5.75 Å². The van der Waals surface area contributed by atoms with Gasteiger partial charge < -0.3 is 15.8 Å². The lowest BCUT2D eigenvalue weighted by molar-refractivity contribution is 0.0950. The van der Waals surface area contributed by atoms with E-state index in [0.29, 0.717) is 30.2 Å². The van der Waals surface area contributed by atoms with Gasteiger partial charge in [0.2, 0.25) is 0 Å². The normalized spacial score (nSPS) is 10.1. The Kier molecular flexibility index (Phi) is 4.55. The van der Waals surface area contributed by atoms with Gasteiger partial charge in [-0.25, -0.2) is 0 Å². The SMILES string of the molecule is CCOc1cc(N)cc(C(=O)NCc2ccccn2)c1. The van der Waals surface area contributed by atoms with Gasteiger partial charge in [-0.3, -0.25) is 9.78 Å². The summed E-state index contributed by atoms with van der Waals surface area (Å²) in [5.74, 6) is 0.388. The number of benzene rings is 1. The lowest BCUT2D eigenvalue weighted by Crippen LogP contribution is -2.23. The van der Waals surface area contributed by atoms with E-state index in [4.69, 9.17) is 10.5 Å². The minimum atomic E-state index is -0.205. The molecular formula is C15H17N3O2. The number of ether oxygens (including phenoxy) is 1. The molecule has 2 aromatic rings. The van der Waals surface area contributed by atoms with Crippen molar-refractivity contribution in [3.63, 3.8) is 0 Å². The van der Waals surface area contributed by atoms with Crippen molar-refractivity contribution in [1.82, 2.24) is 10.3 Å². The number of rotatable bonds is 5. The van der Waals surface area contributed by atoms with Gasteiger partial charge in [0, 0.05) is 23.5 Å². The number of carbonyl (C=O) groups excluding carboxylic acids is 1. The maximum Gasteiger partial charge on any atom is 0.251 e. The zero-order valence-corrected chi connectivity index (χ0v) is 11.3. The van der Waals surface area contributed by atoms with E-state index in [2.05, 4.69) is 10.3 Å². The second-order valence-electron chi connectivity index (χ2n) is 4.23. The summed E-state index contributed by atoms with van der Waals surface area (Å²) < 4.78 is 5.37. The van der Waals surface area contributed by atoms with Crippen molar-refractivity contribution < 1.29 is 9.53 Å². The molecule has 0 bridgehead atoms. The predicted molar refractivity (Wildman–Crippen MR) is 77.4 cm³/mol. The molecule has 0 atom stereocenters. The first-order valence-electron chi connectivity index (χ1n) is 6.40. The van der Waals surface area contributed by atoms with Crippen LogP contribution < -0.4 is 15.8 Å². The molecule has 1 aromatic carbocycles. The first-order valence-corrected chi connectivity index (χ1v) is 6.40. The number of amides is 1. The van der Waals surface area contributed by atoms with Crippen LogP contribution in [0.4, 0.5) is 5.69 Å². The molecule has 0 unspecified atom stereocenters. The summed E-state index contributed by atoms with van der Waals surface area (Å²) in [5, 5.41) is 2.80. The van der Waals surface area contributed by atoms with E-state index >= 15 is 0 Å². The van der Waals surface area contributed by atoms with E-state index in [1.54, 1.807) is 24.4 Å². The van der Waals surface area contributed by atoms with E-state index in [9.17, 15) is 4.79 Å². The molecule has 2 rings (SSSR count). The summed E-state index contributed by atoms with van der Waals surface area (Å²) >= 11 is 0.